The number of aliphatic carboxylic acids is 5. The van der Waals surface area contributed by atoms with Gasteiger partial charge in [-0.2, -0.15) is 0 Å². The fourth-order valence-electron chi connectivity index (χ4n) is 0.373. The molecule has 10 N–H and O–H groups in total. The van der Waals surface area contributed by atoms with Crippen LogP contribution in [0.15, 0.2) is 0 Å². The Morgan fingerprint density at radius 1 is 0.405 bits per heavy atom. The third kappa shape index (κ3) is 45.2. The molecule has 22 heteroatoms. The molecule has 0 bridgehead atoms. The van der Waals surface area contributed by atoms with Crippen LogP contribution in [-0.2, 0) is 49.8 Å². The van der Waals surface area contributed by atoms with Gasteiger partial charge in [0.15, 0.2) is 0 Å². The average Bonchev–Trinajstić information content (AvgIpc) is 2.82. The van der Waals surface area contributed by atoms with Crippen LogP contribution in [0.2, 0.25) is 0 Å². The molecule has 0 saturated heterocycles. The maximum Gasteiger partial charge on any atom is 4.00 e. The van der Waals surface area contributed by atoms with E-state index in [9.17, 15) is 49.5 Å². The van der Waals surface area contributed by atoms with E-state index in [4.69, 9.17) is 51.1 Å². The van der Waals surface area contributed by atoms with E-state index in [1.807, 2.05) is 0 Å². The van der Waals surface area contributed by atoms with Crippen LogP contribution in [0.3, 0.4) is 0 Å². The largest absolute Gasteiger partial charge is 4.00 e. The minimum atomic E-state index is -1.74. The number of carboxylic acid groups (broad SMARTS) is 5. The van der Waals surface area contributed by atoms with Crippen molar-refractivity contribution in [2.24, 2.45) is 0 Å². The second-order valence-electron chi connectivity index (χ2n) is 5.09. The number of hydrogen-bond donors (Lipinski definition) is 10. The van der Waals surface area contributed by atoms with Gasteiger partial charge in [0.25, 0.3) is 0 Å². The van der Waals surface area contributed by atoms with Crippen LogP contribution in [-0.4, -0.2) is 144 Å². The molecule has 0 heterocycles. The van der Waals surface area contributed by atoms with Crippen molar-refractivity contribution in [3.05, 3.63) is 0 Å². The number of carbonyl (C=O) groups excluding carboxylic acids is 5. The molecule has 5 unspecified atom stereocenters. The van der Waals surface area contributed by atoms with Gasteiger partial charge >= 0.3 is 55.4 Å². The smallest absolute Gasteiger partial charge is 0.547 e. The summed E-state index contributed by atoms with van der Waals surface area (Å²) in [6.07, 6.45) is -8.68. The Morgan fingerprint density at radius 3 is 0.486 bits per heavy atom. The predicted molar refractivity (Wildman–Crippen MR) is 90.5 cm³/mol. The number of hydrogen-bond acceptors (Lipinski definition) is 20. The Labute approximate surface area is 248 Å². The first-order valence-electron chi connectivity index (χ1n) is 8.40. The molecule has 0 aliphatic heterocycles. The van der Waals surface area contributed by atoms with Gasteiger partial charge in [-0.3, -0.25) is 0 Å². The van der Waals surface area contributed by atoms with E-state index in [0.717, 1.165) is 0 Å². The summed E-state index contributed by atoms with van der Waals surface area (Å²) in [4.78, 5) is 47.0. The molecule has 0 rings (SSSR count). The Morgan fingerprint density at radius 2 is 0.486 bits per heavy atom. The van der Waals surface area contributed by atoms with Crippen molar-refractivity contribution in [1.82, 2.24) is 0 Å². The summed E-state index contributed by atoms with van der Waals surface area (Å²) in [6.45, 7) is -3.95. The zero-order valence-corrected chi connectivity index (χ0v) is 24.6. The minimum Gasteiger partial charge on any atom is -0.547 e. The van der Waals surface area contributed by atoms with Gasteiger partial charge in [-0.15, -0.1) is 0 Å². The number of carboxylic acids is 5. The second-order valence-corrected chi connectivity index (χ2v) is 5.09. The average molecular weight is 727 g/mol. The molecule has 0 saturated carbocycles. The normalized spacial score (nSPS) is 12.7. The van der Waals surface area contributed by atoms with Crippen molar-refractivity contribution in [3.8, 4) is 0 Å². The molecule has 5 atom stereocenters. The Bertz CT molecular complexity index is 476. The molecule has 210 valence electrons. The molecule has 20 nitrogen and oxygen atoms in total. The number of aliphatic hydroxyl groups is 10. The molecule has 0 amide bonds. The van der Waals surface area contributed by atoms with Crippen molar-refractivity contribution in [3.63, 3.8) is 0 Å². The maximum absolute atomic E-state index is 9.41. The summed E-state index contributed by atoms with van der Waals surface area (Å²) in [5.74, 6) is -8.25. The van der Waals surface area contributed by atoms with Gasteiger partial charge < -0.3 is 101 Å². The van der Waals surface area contributed by atoms with Gasteiger partial charge in [0, 0.05) is 0 Å². The molecular formula is C15H25HfNaO20. The molecule has 0 spiro atoms. The van der Waals surface area contributed by atoms with E-state index in [0.29, 0.717) is 0 Å². The van der Waals surface area contributed by atoms with E-state index < -0.39 is 93.4 Å². The molecule has 0 aromatic carbocycles. The van der Waals surface area contributed by atoms with Crippen LogP contribution in [0.5, 0.6) is 0 Å². The third-order valence-electron chi connectivity index (χ3n) is 2.23. The summed E-state index contributed by atoms with van der Waals surface area (Å²) in [5, 5.41) is 126. The fourth-order valence-corrected chi connectivity index (χ4v) is 0.373. The molecule has 0 aliphatic carbocycles. The van der Waals surface area contributed by atoms with Crippen molar-refractivity contribution in [1.29, 1.82) is 0 Å². The van der Waals surface area contributed by atoms with Crippen LogP contribution in [0.25, 0.3) is 0 Å². The molecule has 0 aromatic heterocycles. The molecule has 37 heavy (non-hydrogen) atoms. The summed E-state index contributed by atoms with van der Waals surface area (Å²) >= 11 is 0. The van der Waals surface area contributed by atoms with Crippen molar-refractivity contribution < 1.29 is 156 Å². The van der Waals surface area contributed by atoms with E-state index in [2.05, 4.69) is 0 Å². The zero-order valence-electron chi connectivity index (χ0n) is 19.0. The van der Waals surface area contributed by atoms with Gasteiger partial charge in [0.05, 0.1) is 62.9 Å². The number of rotatable bonds is 10. The Kier molecular flexibility index (Phi) is 49.2. The quantitative estimate of drug-likeness (QED) is 0.0934. The first-order valence-corrected chi connectivity index (χ1v) is 8.40. The molecule has 0 aromatic rings. The molecular weight excluding hydrogens is 702 g/mol. The summed E-state index contributed by atoms with van der Waals surface area (Å²) in [5.41, 5.74) is 0. The van der Waals surface area contributed by atoms with Gasteiger partial charge in [0.1, 0.15) is 30.5 Å². The Balaban J connectivity index is -0.0000000600. The number of aliphatic hydroxyl groups excluding tert-OH is 10. The van der Waals surface area contributed by atoms with E-state index >= 15 is 0 Å². The van der Waals surface area contributed by atoms with Crippen molar-refractivity contribution in [2.75, 3.05) is 33.0 Å². The van der Waals surface area contributed by atoms with Gasteiger partial charge in [0.2, 0.25) is 0 Å². The monoisotopic (exact) mass is 728 g/mol. The van der Waals surface area contributed by atoms with E-state index in [-0.39, 0.29) is 55.4 Å². The van der Waals surface area contributed by atoms with E-state index in [1.165, 1.54) is 0 Å². The van der Waals surface area contributed by atoms with E-state index in [1.54, 1.807) is 0 Å². The van der Waals surface area contributed by atoms with Gasteiger partial charge in [-0.25, -0.2) is 0 Å². The zero-order chi connectivity index (χ0) is 29.3. The first-order chi connectivity index (χ1) is 15.9. The van der Waals surface area contributed by atoms with Crippen LogP contribution < -0.4 is 55.1 Å². The first kappa shape index (κ1) is 52.3. The standard InChI is InChI=1S/5C3H6O4.Hf.Na/c5*4-1-2(5)3(6)7;;/h5*2,4-5H,1H2,(H,6,7);;/q;;;;;+4;+1/p-5. The number of carbonyl (C=O) groups is 5. The SMILES string of the molecule is O=C([O-])C(O)CO.O=C([O-])C(O)CO.O=C([O-])C(O)CO.O=C([O-])C(O)CO.O=C([O-])C(O)CO.[Hf+4].[Na+]. The third-order valence-corrected chi connectivity index (χ3v) is 2.23. The predicted octanol–water partition coefficient (Wildman–Crippen LogP) is -17.6. The summed E-state index contributed by atoms with van der Waals surface area (Å²) < 4.78 is 0. The topological polar surface area (TPSA) is 403 Å². The minimum absolute atomic E-state index is 0. The second kappa shape index (κ2) is 34.8. The van der Waals surface area contributed by atoms with Crippen LogP contribution in [0, 0.1) is 0 Å². The maximum atomic E-state index is 9.41. The van der Waals surface area contributed by atoms with Crippen molar-refractivity contribution >= 4 is 29.8 Å². The van der Waals surface area contributed by atoms with Gasteiger partial charge in [-0.1, -0.05) is 0 Å². The van der Waals surface area contributed by atoms with Crippen LogP contribution in [0.4, 0.5) is 0 Å². The van der Waals surface area contributed by atoms with Gasteiger partial charge in [-0.05, 0) is 0 Å². The fraction of sp³-hybridized carbons (Fsp3) is 0.667. The molecule has 0 aliphatic rings. The molecule has 0 fully saturated rings. The summed E-state index contributed by atoms with van der Waals surface area (Å²) in [6, 6.07) is 0. The van der Waals surface area contributed by atoms with Crippen LogP contribution in [0.1, 0.15) is 0 Å². The molecule has 0 radical (unpaired) electrons. The Hall–Kier alpha value is -1.18. The summed E-state index contributed by atoms with van der Waals surface area (Å²) in [7, 11) is 0. The van der Waals surface area contributed by atoms with Crippen molar-refractivity contribution in [2.45, 2.75) is 30.5 Å². The van der Waals surface area contributed by atoms with Crippen LogP contribution >= 0.6 is 0 Å².